The number of aromatic nitrogens is 2. The van der Waals surface area contributed by atoms with Crippen molar-refractivity contribution in [3.05, 3.63) is 17.0 Å². The Morgan fingerprint density at radius 2 is 2.19 bits per heavy atom. The van der Waals surface area contributed by atoms with Crippen molar-refractivity contribution >= 4 is 5.97 Å². The number of carboxylic acids is 1. The van der Waals surface area contributed by atoms with E-state index in [0.29, 0.717) is 13.2 Å². The van der Waals surface area contributed by atoms with Crippen molar-refractivity contribution in [1.29, 1.82) is 0 Å². The van der Waals surface area contributed by atoms with Crippen LogP contribution < -0.4 is 0 Å². The van der Waals surface area contributed by atoms with E-state index in [0.717, 1.165) is 17.0 Å². The topological polar surface area (TPSA) is 64.4 Å². The fourth-order valence-corrected chi connectivity index (χ4v) is 2.15. The molecular formula is C11H16N2O3. The van der Waals surface area contributed by atoms with Gasteiger partial charge in [-0.05, 0) is 20.8 Å². The zero-order valence-electron chi connectivity index (χ0n) is 9.73. The molecule has 1 aliphatic rings. The van der Waals surface area contributed by atoms with Crippen LogP contribution in [0.3, 0.4) is 0 Å². The van der Waals surface area contributed by atoms with E-state index in [4.69, 9.17) is 9.84 Å². The van der Waals surface area contributed by atoms with Crippen molar-refractivity contribution < 1.29 is 14.6 Å². The molecule has 0 bridgehead atoms. The molecule has 0 aromatic carbocycles. The lowest BCUT2D eigenvalue weighted by atomic mass is 9.99. The van der Waals surface area contributed by atoms with E-state index in [9.17, 15) is 4.79 Å². The molecule has 2 rings (SSSR count). The first-order valence-electron chi connectivity index (χ1n) is 5.38. The van der Waals surface area contributed by atoms with Crippen LogP contribution in [0.25, 0.3) is 0 Å². The Labute approximate surface area is 94.0 Å². The van der Waals surface area contributed by atoms with Crippen molar-refractivity contribution in [1.82, 2.24) is 9.78 Å². The van der Waals surface area contributed by atoms with Gasteiger partial charge in [0.15, 0.2) is 0 Å². The number of nitrogens with zero attached hydrogens (tertiary/aromatic N) is 2. The summed E-state index contributed by atoms with van der Waals surface area (Å²) in [6, 6.07) is 0.272. The second-order valence-corrected chi connectivity index (χ2v) is 4.28. The lowest BCUT2D eigenvalue weighted by molar-refractivity contribution is -0.138. The van der Waals surface area contributed by atoms with Gasteiger partial charge in [-0.2, -0.15) is 5.10 Å². The third kappa shape index (κ3) is 1.61. The molecule has 0 spiro atoms. The molecule has 1 fully saturated rings. The minimum Gasteiger partial charge on any atom is -0.481 e. The fraction of sp³-hybridized carbons (Fsp3) is 0.636. The monoisotopic (exact) mass is 224 g/mol. The molecule has 1 atom stereocenters. The van der Waals surface area contributed by atoms with Gasteiger partial charge in [0.1, 0.15) is 0 Å². The second-order valence-electron chi connectivity index (χ2n) is 4.28. The van der Waals surface area contributed by atoms with Gasteiger partial charge in [0.25, 0.3) is 0 Å². The van der Waals surface area contributed by atoms with Gasteiger partial charge in [-0.15, -0.1) is 0 Å². The third-order valence-corrected chi connectivity index (χ3v) is 3.15. The van der Waals surface area contributed by atoms with Crippen molar-refractivity contribution in [2.75, 3.05) is 13.2 Å². The average molecular weight is 224 g/mol. The van der Waals surface area contributed by atoms with Gasteiger partial charge in [0, 0.05) is 11.3 Å². The molecule has 5 nitrogen and oxygen atoms in total. The Kier molecular flexibility index (Phi) is 2.71. The van der Waals surface area contributed by atoms with E-state index in [1.807, 2.05) is 18.5 Å². The van der Waals surface area contributed by atoms with E-state index in [-0.39, 0.29) is 6.04 Å². The molecule has 0 aliphatic carbocycles. The van der Waals surface area contributed by atoms with Crippen molar-refractivity contribution in [2.45, 2.75) is 32.7 Å². The van der Waals surface area contributed by atoms with Gasteiger partial charge >= 0.3 is 5.97 Å². The number of aryl methyl sites for hydroxylation is 1. The molecule has 1 saturated heterocycles. The van der Waals surface area contributed by atoms with E-state index in [1.54, 1.807) is 6.92 Å². The lowest BCUT2D eigenvalue weighted by Gasteiger charge is -2.27. The SMILES string of the molecule is Cc1nn(C2COC2)c(C)c1C(C)C(=O)O. The first-order chi connectivity index (χ1) is 7.52. The molecule has 88 valence electrons. The number of ether oxygens (including phenoxy) is 1. The van der Waals surface area contributed by atoms with Crippen LogP contribution in [0.2, 0.25) is 0 Å². The fourth-order valence-electron chi connectivity index (χ4n) is 2.15. The van der Waals surface area contributed by atoms with Gasteiger partial charge in [0.05, 0.1) is 30.9 Å². The summed E-state index contributed by atoms with van der Waals surface area (Å²) in [6.45, 7) is 6.82. The van der Waals surface area contributed by atoms with Gasteiger partial charge in [-0.3, -0.25) is 9.48 Å². The highest BCUT2D eigenvalue weighted by atomic mass is 16.5. The quantitative estimate of drug-likeness (QED) is 0.839. The zero-order valence-corrected chi connectivity index (χ0v) is 9.73. The van der Waals surface area contributed by atoms with E-state index < -0.39 is 11.9 Å². The van der Waals surface area contributed by atoms with Crippen molar-refractivity contribution in [2.24, 2.45) is 0 Å². The highest BCUT2D eigenvalue weighted by Gasteiger charge is 2.28. The Hall–Kier alpha value is -1.36. The van der Waals surface area contributed by atoms with E-state index in [1.165, 1.54) is 0 Å². The maximum Gasteiger partial charge on any atom is 0.310 e. The summed E-state index contributed by atoms with van der Waals surface area (Å²) in [6.07, 6.45) is 0. The molecule has 2 heterocycles. The normalized spacial score (nSPS) is 18.2. The molecule has 0 amide bonds. The summed E-state index contributed by atoms with van der Waals surface area (Å²) in [5.74, 6) is -1.31. The Balaban J connectivity index is 2.38. The lowest BCUT2D eigenvalue weighted by Crippen LogP contribution is -2.32. The van der Waals surface area contributed by atoms with Crippen LogP contribution in [0.4, 0.5) is 0 Å². The van der Waals surface area contributed by atoms with Crippen LogP contribution in [0.5, 0.6) is 0 Å². The summed E-state index contributed by atoms with van der Waals surface area (Å²) in [7, 11) is 0. The Morgan fingerprint density at radius 1 is 1.56 bits per heavy atom. The predicted octanol–water partition coefficient (Wildman–Crippen LogP) is 1.26. The molecule has 0 radical (unpaired) electrons. The number of carbonyl (C=O) groups is 1. The number of rotatable bonds is 3. The summed E-state index contributed by atoms with van der Waals surface area (Å²) in [4.78, 5) is 11.0. The van der Waals surface area contributed by atoms with Gasteiger partial charge in [-0.25, -0.2) is 0 Å². The second kappa shape index (κ2) is 3.90. The van der Waals surface area contributed by atoms with Crippen LogP contribution in [-0.4, -0.2) is 34.1 Å². The first kappa shape index (κ1) is 11.1. The van der Waals surface area contributed by atoms with E-state index >= 15 is 0 Å². The summed E-state index contributed by atoms with van der Waals surface area (Å²) < 4.78 is 7.02. The minimum absolute atomic E-state index is 0.272. The van der Waals surface area contributed by atoms with Crippen molar-refractivity contribution in [3.63, 3.8) is 0 Å². The Morgan fingerprint density at radius 3 is 2.62 bits per heavy atom. The predicted molar refractivity (Wildman–Crippen MR) is 57.6 cm³/mol. The molecule has 1 unspecified atom stereocenters. The number of aliphatic carboxylic acids is 1. The van der Waals surface area contributed by atoms with Crippen LogP contribution in [0.1, 0.15) is 35.8 Å². The number of carboxylic acid groups (broad SMARTS) is 1. The average Bonchev–Trinajstić information content (AvgIpc) is 2.39. The standard InChI is InChI=1S/C11H16N2O3/c1-6(11(14)15)10-7(2)12-13(8(10)3)9-4-16-5-9/h6,9H,4-5H2,1-3H3,(H,14,15). The van der Waals surface area contributed by atoms with Gasteiger partial charge < -0.3 is 9.84 Å². The van der Waals surface area contributed by atoms with E-state index in [2.05, 4.69) is 5.10 Å². The summed E-state index contributed by atoms with van der Waals surface area (Å²) >= 11 is 0. The number of hydrogen-bond acceptors (Lipinski definition) is 3. The maximum absolute atomic E-state index is 11.0. The molecule has 1 aromatic rings. The van der Waals surface area contributed by atoms with Crippen LogP contribution in [0, 0.1) is 13.8 Å². The third-order valence-electron chi connectivity index (χ3n) is 3.15. The molecule has 16 heavy (non-hydrogen) atoms. The largest absolute Gasteiger partial charge is 0.481 e. The molecule has 1 N–H and O–H groups in total. The molecule has 0 saturated carbocycles. The number of hydrogen-bond donors (Lipinski definition) is 1. The maximum atomic E-state index is 11.0. The van der Waals surface area contributed by atoms with Crippen LogP contribution in [-0.2, 0) is 9.53 Å². The van der Waals surface area contributed by atoms with Gasteiger partial charge in [-0.1, -0.05) is 0 Å². The molecule has 1 aromatic heterocycles. The smallest absolute Gasteiger partial charge is 0.310 e. The van der Waals surface area contributed by atoms with Crippen LogP contribution >= 0.6 is 0 Å². The zero-order chi connectivity index (χ0) is 11.9. The van der Waals surface area contributed by atoms with Crippen molar-refractivity contribution in [3.8, 4) is 0 Å². The highest BCUT2D eigenvalue weighted by molar-refractivity contribution is 5.76. The van der Waals surface area contributed by atoms with Gasteiger partial charge in [0.2, 0.25) is 0 Å². The summed E-state index contributed by atoms with van der Waals surface area (Å²) in [5, 5.41) is 13.5. The molecular weight excluding hydrogens is 208 g/mol. The highest BCUT2D eigenvalue weighted by Crippen LogP contribution is 2.27. The summed E-state index contributed by atoms with van der Waals surface area (Å²) in [5.41, 5.74) is 2.58. The molecule has 1 aliphatic heterocycles. The minimum atomic E-state index is -0.810. The molecule has 5 heteroatoms. The first-order valence-corrected chi connectivity index (χ1v) is 5.38. The Bertz CT molecular complexity index is 421. The van der Waals surface area contributed by atoms with Crippen LogP contribution in [0.15, 0.2) is 0 Å².